The molecule has 0 atom stereocenters. The van der Waals surface area contributed by atoms with Gasteiger partial charge in [-0.25, -0.2) is 0 Å². The molecule has 0 aromatic heterocycles. The second-order valence-electron chi connectivity index (χ2n) is 6.31. The Labute approximate surface area is 142 Å². The average Bonchev–Trinajstić information content (AvgIpc) is 2.62. The van der Waals surface area contributed by atoms with Crippen LogP contribution in [0.1, 0.15) is 16.7 Å². The molecular formula is C23H20O. The first-order valence-electron chi connectivity index (χ1n) is 8.28. The van der Waals surface area contributed by atoms with Crippen molar-refractivity contribution in [3.05, 3.63) is 89.5 Å². The van der Waals surface area contributed by atoms with Gasteiger partial charge in [-0.05, 0) is 57.6 Å². The predicted molar refractivity (Wildman–Crippen MR) is 102 cm³/mol. The molecule has 0 saturated heterocycles. The van der Waals surface area contributed by atoms with Gasteiger partial charge in [0, 0.05) is 0 Å². The van der Waals surface area contributed by atoms with Crippen molar-refractivity contribution in [1.82, 2.24) is 0 Å². The number of methoxy groups -OCH3 is 1. The summed E-state index contributed by atoms with van der Waals surface area (Å²) in [4.78, 5) is 0. The summed E-state index contributed by atoms with van der Waals surface area (Å²) in [7, 11) is 1.73. The van der Waals surface area contributed by atoms with E-state index in [2.05, 4.69) is 73.7 Å². The Morgan fingerprint density at radius 3 is 2.17 bits per heavy atom. The molecule has 1 nitrogen and oxygen atoms in total. The van der Waals surface area contributed by atoms with Crippen molar-refractivity contribution in [3.8, 4) is 5.75 Å². The molecule has 24 heavy (non-hydrogen) atoms. The van der Waals surface area contributed by atoms with Gasteiger partial charge in [0.25, 0.3) is 0 Å². The van der Waals surface area contributed by atoms with Gasteiger partial charge >= 0.3 is 0 Å². The predicted octanol–water partition coefficient (Wildman–Crippen LogP) is 5.90. The first-order chi connectivity index (χ1) is 11.7. The van der Waals surface area contributed by atoms with Gasteiger partial charge in [0.05, 0.1) is 7.11 Å². The number of rotatable bonds is 3. The summed E-state index contributed by atoms with van der Waals surface area (Å²) < 4.78 is 5.46. The molecule has 0 bridgehead atoms. The summed E-state index contributed by atoms with van der Waals surface area (Å²) in [5, 5.41) is 5.12. The van der Waals surface area contributed by atoms with E-state index in [4.69, 9.17) is 4.74 Å². The van der Waals surface area contributed by atoms with Gasteiger partial charge < -0.3 is 4.74 Å². The van der Waals surface area contributed by atoms with Crippen LogP contribution in [0.3, 0.4) is 0 Å². The van der Waals surface area contributed by atoms with Crippen LogP contribution in [-0.2, 0) is 6.42 Å². The number of benzene rings is 4. The zero-order chi connectivity index (χ0) is 16.5. The van der Waals surface area contributed by atoms with Gasteiger partial charge in [-0.2, -0.15) is 0 Å². The third-order valence-corrected chi connectivity index (χ3v) is 4.75. The molecule has 0 fully saturated rings. The smallest absolute Gasteiger partial charge is 0.122 e. The van der Waals surface area contributed by atoms with Gasteiger partial charge in [-0.1, -0.05) is 66.7 Å². The van der Waals surface area contributed by atoms with E-state index in [0.717, 1.165) is 12.2 Å². The summed E-state index contributed by atoms with van der Waals surface area (Å²) in [6.45, 7) is 2.13. The third-order valence-electron chi connectivity index (χ3n) is 4.75. The fraction of sp³-hybridized carbons (Fsp3) is 0.130. The van der Waals surface area contributed by atoms with Crippen LogP contribution in [0.2, 0.25) is 0 Å². The number of hydrogen-bond acceptors (Lipinski definition) is 1. The molecule has 118 valence electrons. The molecule has 0 N–H and O–H groups in total. The Morgan fingerprint density at radius 2 is 1.38 bits per heavy atom. The summed E-state index contributed by atoms with van der Waals surface area (Å²) in [6.07, 6.45) is 0.942. The van der Waals surface area contributed by atoms with E-state index < -0.39 is 0 Å². The highest BCUT2D eigenvalue weighted by Gasteiger charge is 2.06. The maximum atomic E-state index is 5.46. The Morgan fingerprint density at radius 1 is 0.708 bits per heavy atom. The lowest BCUT2D eigenvalue weighted by Gasteiger charge is -2.10. The topological polar surface area (TPSA) is 9.23 Å². The first kappa shape index (κ1) is 14.8. The molecule has 0 aliphatic heterocycles. The molecule has 0 amide bonds. The monoisotopic (exact) mass is 312 g/mol. The van der Waals surface area contributed by atoms with Gasteiger partial charge in [0.1, 0.15) is 5.75 Å². The zero-order valence-electron chi connectivity index (χ0n) is 14.0. The van der Waals surface area contributed by atoms with E-state index in [1.807, 2.05) is 6.07 Å². The van der Waals surface area contributed by atoms with Gasteiger partial charge in [-0.3, -0.25) is 0 Å². The summed E-state index contributed by atoms with van der Waals surface area (Å²) in [6, 6.07) is 26.1. The molecule has 1 heteroatoms. The fourth-order valence-corrected chi connectivity index (χ4v) is 3.41. The van der Waals surface area contributed by atoms with Gasteiger partial charge in [0.15, 0.2) is 0 Å². The van der Waals surface area contributed by atoms with Crippen molar-refractivity contribution in [3.63, 3.8) is 0 Å². The van der Waals surface area contributed by atoms with Crippen LogP contribution >= 0.6 is 0 Å². The molecule has 0 radical (unpaired) electrons. The minimum Gasteiger partial charge on any atom is -0.496 e. The quantitative estimate of drug-likeness (QED) is 0.457. The van der Waals surface area contributed by atoms with Crippen molar-refractivity contribution in [1.29, 1.82) is 0 Å². The van der Waals surface area contributed by atoms with Crippen LogP contribution in [-0.4, -0.2) is 7.11 Å². The molecule has 0 aliphatic carbocycles. The van der Waals surface area contributed by atoms with E-state index >= 15 is 0 Å². The average molecular weight is 312 g/mol. The molecule has 4 rings (SSSR count). The minimum absolute atomic E-state index is 0.942. The van der Waals surface area contributed by atoms with Crippen LogP contribution in [0.4, 0.5) is 0 Å². The van der Waals surface area contributed by atoms with Crippen LogP contribution < -0.4 is 4.74 Å². The van der Waals surface area contributed by atoms with Crippen LogP contribution in [0.25, 0.3) is 21.5 Å². The lowest BCUT2D eigenvalue weighted by Crippen LogP contribution is -1.92. The maximum Gasteiger partial charge on any atom is 0.122 e. The van der Waals surface area contributed by atoms with E-state index in [9.17, 15) is 0 Å². The molecule has 4 aromatic carbocycles. The van der Waals surface area contributed by atoms with Crippen molar-refractivity contribution in [2.24, 2.45) is 0 Å². The number of hydrogen-bond donors (Lipinski definition) is 0. The maximum absolute atomic E-state index is 5.46. The summed E-state index contributed by atoms with van der Waals surface area (Å²) in [5.74, 6) is 0.949. The number of fused-ring (bicyclic) bond motifs is 2. The molecule has 0 aliphatic rings. The Hall–Kier alpha value is -2.80. The highest BCUT2D eigenvalue weighted by Crippen LogP contribution is 2.28. The van der Waals surface area contributed by atoms with Crippen LogP contribution in [0, 0.1) is 6.92 Å². The normalized spacial score (nSPS) is 11.1. The van der Waals surface area contributed by atoms with Crippen molar-refractivity contribution in [2.45, 2.75) is 13.3 Å². The fourth-order valence-electron chi connectivity index (χ4n) is 3.41. The molecule has 0 saturated carbocycles. The highest BCUT2D eigenvalue weighted by molar-refractivity contribution is 5.88. The van der Waals surface area contributed by atoms with E-state index in [1.54, 1.807) is 7.11 Å². The van der Waals surface area contributed by atoms with Crippen molar-refractivity contribution < 1.29 is 4.74 Å². The Kier molecular flexibility index (Phi) is 3.70. The van der Waals surface area contributed by atoms with Crippen LogP contribution in [0.15, 0.2) is 72.8 Å². The van der Waals surface area contributed by atoms with Gasteiger partial charge in [0.2, 0.25) is 0 Å². The zero-order valence-corrected chi connectivity index (χ0v) is 14.0. The lowest BCUT2D eigenvalue weighted by atomic mass is 9.97. The Balaban J connectivity index is 1.74. The highest BCUT2D eigenvalue weighted by atomic mass is 16.5. The minimum atomic E-state index is 0.942. The molecular weight excluding hydrogens is 292 g/mol. The molecule has 4 aromatic rings. The van der Waals surface area contributed by atoms with Crippen LogP contribution in [0.5, 0.6) is 5.75 Å². The largest absolute Gasteiger partial charge is 0.496 e. The van der Waals surface area contributed by atoms with Crippen molar-refractivity contribution >= 4 is 21.5 Å². The van der Waals surface area contributed by atoms with Crippen molar-refractivity contribution in [2.75, 3.05) is 7.11 Å². The van der Waals surface area contributed by atoms with Gasteiger partial charge in [-0.15, -0.1) is 0 Å². The first-order valence-corrected chi connectivity index (χ1v) is 8.28. The molecule has 0 heterocycles. The molecule has 0 unspecified atom stereocenters. The third kappa shape index (κ3) is 2.63. The number of aryl methyl sites for hydroxylation is 1. The molecule has 0 spiro atoms. The van der Waals surface area contributed by atoms with E-state index in [-0.39, 0.29) is 0 Å². The summed E-state index contributed by atoms with van der Waals surface area (Å²) in [5.41, 5.74) is 3.87. The SMILES string of the molecule is COc1ccc2ccc(Cc3ccc4ccccc4c3)cc2c1C. The second kappa shape index (κ2) is 6.01. The Bertz CT molecular complexity index is 1030. The lowest BCUT2D eigenvalue weighted by molar-refractivity contribution is 0.412. The van der Waals surface area contributed by atoms with E-state index in [1.165, 1.54) is 38.2 Å². The van der Waals surface area contributed by atoms with E-state index in [0.29, 0.717) is 0 Å². The number of ether oxygens (including phenoxy) is 1. The summed E-state index contributed by atoms with van der Waals surface area (Å²) >= 11 is 0. The standard InChI is InChI=1S/C23H20O/c1-16-22-15-18(8-10-20(22)11-12-23(16)24-2)13-17-7-9-19-5-3-4-6-21(19)14-17/h3-12,14-15H,13H2,1-2H3. The second-order valence-corrected chi connectivity index (χ2v) is 6.31.